The third-order valence-electron chi connectivity index (χ3n) is 2.09. The van der Waals surface area contributed by atoms with Crippen molar-refractivity contribution in [2.24, 2.45) is 0 Å². The summed E-state index contributed by atoms with van der Waals surface area (Å²) in [7, 11) is 0. The Morgan fingerprint density at radius 3 is 3.15 bits per heavy atom. The van der Waals surface area contributed by atoms with E-state index in [-0.39, 0.29) is 5.56 Å². The summed E-state index contributed by atoms with van der Waals surface area (Å²) in [5.41, 5.74) is 0.908. The highest BCUT2D eigenvalue weighted by molar-refractivity contribution is 5.83. The lowest BCUT2D eigenvalue weighted by Crippen LogP contribution is -2.07. The first-order valence-corrected chi connectivity index (χ1v) is 4.27. The van der Waals surface area contributed by atoms with Gasteiger partial charge in [0.05, 0.1) is 0 Å². The lowest BCUT2D eigenvalue weighted by Gasteiger charge is -2.01. The Morgan fingerprint density at radius 2 is 2.38 bits per heavy atom. The predicted octanol–water partition coefficient (Wildman–Crippen LogP) is 1.49. The predicted molar refractivity (Wildman–Crippen MR) is 51.7 cm³/mol. The molecule has 0 atom stereocenters. The smallest absolute Gasteiger partial charge is 0.248 e. The summed E-state index contributed by atoms with van der Waals surface area (Å²) in [5.74, 6) is 0. The first-order valence-electron chi connectivity index (χ1n) is 4.27. The van der Waals surface area contributed by atoms with E-state index in [2.05, 4.69) is 9.97 Å². The minimum absolute atomic E-state index is 0.0458. The van der Waals surface area contributed by atoms with E-state index >= 15 is 0 Å². The largest absolute Gasteiger partial charge is 0.326 e. The first-order chi connectivity index (χ1) is 6.31. The van der Waals surface area contributed by atoms with Crippen molar-refractivity contribution >= 4 is 10.8 Å². The molecule has 0 amide bonds. The molecule has 0 spiro atoms. The summed E-state index contributed by atoms with van der Waals surface area (Å²) in [4.78, 5) is 18.0. The van der Waals surface area contributed by atoms with Crippen molar-refractivity contribution in [2.45, 2.75) is 13.3 Å². The van der Waals surface area contributed by atoms with Crippen LogP contribution in [-0.2, 0) is 6.42 Å². The molecule has 1 N–H and O–H groups in total. The molecule has 2 rings (SSSR count). The second-order valence-electron chi connectivity index (χ2n) is 2.93. The van der Waals surface area contributed by atoms with Crippen molar-refractivity contribution in [3.05, 3.63) is 40.6 Å². The number of aromatic nitrogens is 2. The van der Waals surface area contributed by atoms with Gasteiger partial charge in [0.2, 0.25) is 5.56 Å². The summed E-state index contributed by atoms with van der Waals surface area (Å²) >= 11 is 0. The number of aromatic amines is 1. The molecule has 13 heavy (non-hydrogen) atoms. The first kappa shape index (κ1) is 7.98. The number of rotatable bonds is 1. The Kier molecular flexibility index (Phi) is 1.85. The normalized spacial score (nSPS) is 10.5. The average molecular weight is 174 g/mol. The molecule has 66 valence electrons. The molecule has 0 aromatic carbocycles. The zero-order valence-corrected chi connectivity index (χ0v) is 7.37. The molecule has 0 aliphatic rings. The number of H-pyrrole nitrogens is 1. The molecule has 3 heteroatoms. The fourth-order valence-corrected chi connectivity index (χ4v) is 1.46. The lowest BCUT2D eigenvalue weighted by atomic mass is 10.1. The van der Waals surface area contributed by atoms with Crippen molar-refractivity contribution in [3.8, 4) is 0 Å². The van der Waals surface area contributed by atoms with Crippen LogP contribution in [0.1, 0.15) is 12.6 Å². The summed E-state index contributed by atoms with van der Waals surface area (Å²) in [6.45, 7) is 2.01. The molecule has 2 aromatic heterocycles. The Hall–Kier alpha value is -1.64. The standard InChI is InChI=1S/C10H10N2O/c1-2-9-8-6-11-4-3-7(8)5-10(13)12-9/h3-6H,2H2,1H3,(H,12,13). The van der Waals surface area contributed by atoms with Gasteiger partial charge >= 0.3 is 0 Å². The number of pyridine rings is 2. The van der Waals surface area contributed by atoms with Crippen LogP contribution in [0.25, 0.3) is 10.8 Å². The van der Waals surface area contributed by atoms with E-state index in [0.717, 1.165) is 22.9 Å². The third kappa shape index (κ3) is 1.33. The molecule has 0 saturated carbocycles. The number of fused-ring (bicyclic) bond motifs is 1. The molecule has 3 nitrogen and oxygen atoms in total. The highest BCUT2D eigenvalue weighted by atomic mass is 16.1. The highest BCUT2D eigenvalue weighted by Crippen LogP contribution is 2.12. The molecule has 0 unspecified atom stereocenters. The van der Waals surface area contributed by atoms with Gasteiger partial charge in [0.15, 0.2) is 0 Å². The summed E-state index contributed by atoms with van der Waals surface area (Å²) in [6, 6.07) is 3.44. The van der Waals surface area contributed by atoms with Gasteiger partial charge in [0.1, 0.15) is 0 Å². The van der Waals surface area contributed by atoms with Gasteiger partial charge in [-0.1, -0.05) is 6.92 Å². The number of nitrogens with zero attached hydrogens (tertiary/aromatic N) is 1. The highest BCUT2D eigenvalue weighted by Gasteiger charge is 1.99. The topological polar surface area (TPSA) is 45.8 Å². The second kappa shape index (κ2) is 3.01. The van der Waals surface area contributed by atoms with Crippen molar-refractivity contribution in [3.63, 3.8) is 0 Å². The Labute approximate surface area is 75.4 Å². The molecule has 2 aromatic rings. The van der Waals surface area contributed by atoms with E-state index in [1.807, 2.05) is 13.0 Å². The zero-order chi connectivity index (χ0) is 9.26. The van der Waals surface area contributed by atoms with Crippen molar-refractivity contribution in [1.82, 2.24) is 9.97 Å². The Morgan fingerprint density at radius 1 is 1.54 bits per heavy atom. The van der Waals surface area contributed by atoms with Crippen LogP contribution in [-0.4, -0.2) is 9.97 Å². The average Bonchev–Trinajstić information content (AvgIpc) is 2.16. The van der Waals surface area contributed by atoms with Crippen molar-refractivity contribution < 1.29 is 0 Å². The minimum Gasteiger partial charge on any atom is -0.326 e. The Bertz CT molecular complexity index is 487. The van der Waals surface area contributed by atoms with E-state index in [9.17, 15) is 4.79 Å². The lowest BCUT2D eigenvalue weighted by molar-refractivity contribution is 1.03. The van der Waals surface area contributed by atoms with E-state index in [0.29, 0.717) is 0 Å². The van der Waals surface area contributed by atoms with Gasteiger partial charge in [-0.3, -0.25) is 9.78 Å². The molecule has 2 heterocycles. The van der Waals surface area contributed by atoms with Crippen LogP contribution in [0.15, 0.2) is 29.3 Å². The van der Waals surface area contributed by atoms with E-state index < -0.39 is 0 Å². The van der Waals surface area contributed by atoms with Gasteiger partial charge in [0.25, 0.3) is 0 Å². The quantitative estimate of drug-likeness (QED) is 0.711. The monoisotopic (exact) mass is 174 g/mol. The van der Waals surface area contributed by atoms with Gasteiger partial charge in [0, 0.05) is 29.5 Å². The molecule has 0 saturated heterocycles. The minimum atomic E-state index is -0.0458. The van der Waals surface area contributed by atoms with Gasteiger partial charge in [-0.15, -0.1) is 0 Å². The van der Waals surface area contributed by atoms with Gasteiger partial charge in [-0.05, 0) is 17.9 Å². The van der Waals surface area contributed by atoms with Gasteiger partial charge in [-0.25, -0.2) is 0 Å². The van der Waals surface area contributed by atoms with E-state index in [4.69, 9.17) is 0 Å². The van der Waals surface area contributed by atoms with Gasteiger partial charge < -0.3 is 4.98 Å². The zero-order valence-electron chi connectivity index (χ0n) is 7.37. The van der Waals surface area contributed by atoms with E-state index in [1.165, 1.54) is 0 Å². The molecule has 0 aliphatic heterocycles. The number of hydrogen-bond donors (Lipinski definition) is 1. The van der Waals surface area contributed by atoms with Crippen molar-refractivity contribution in [1.29, 1.82) is 0 Å². The molecule has 0 bridgehead atoms. The molecule has 0 fully saturated rings. The maximum absolute atomic E-state index is 11.2. The van der Waals surface area contributed by atoms with Crippen LogP contribution in [0.2, 0.25) is 0 Å². The molecule has 0 radical (unpaired) electrons. The van der Waals surface area contributed by atoms with Crippen LogP contribution < -0.4 is 5.56 Å². The summed E-state index contributed by atoms with van der Waals surface area (Å²) in [6.07, 6.45) is 4.30. The van der Waals surface area contributed by atoms with Crippen LogP contribution in [0.5, 0.6) is 0 Å². The number of hydrogen-bond acceptors (Lipinski definition) is 2. The second-order valence-corrected chi connectivity index (χ2v) is 2.93. The van der Waals surface area contributed by atoms with E-state index in [1.54, 1.807) is 18.5 Å². The summed E-state index contributed by atoms with van der Waals surface area (Å²) in [5, 5.41) is 1.99. The van der Waals surface area contributed by atoms with Crippen molar-refractivity contribution in [2.75, 3.05) is 0 Å². The van der Waals surface area contributed by atoms with Crippen LogP contribution in [0.4, 0.5) is 0 Å². The van der Waals surface area contributed by atoms with Crippen LogP contribution >= 0.6 is 0 Å². The van der Waals surface area contributed by atoms with Crippen LogP contribution in [0.3, 0.4) is 0 Å². The molecular weight excluding hydrogens is 164 g/mol. The third-order valence-corrected chi connectivity index (χ3v) is 2.09. The molecule has 0 aliphatic carbocycles. The number of nitrogens with one attached hydrogen (secondary N) is 1. The van der Waals surface area contributed by atoms with Crippen LogP contribution in [0, 0.1) is 0 Å². The fourth-order valence-electron chi connectivity index (χ4n) is 1.46. The summed E-state index contributed by atoms with van der Waals surface area (Å²) < 4.78 is 0. The van der Waals surface area contributed by atoms with Gasteiger partial charge in [-0.2, -0.15) is 0 Å². The maximum Gasteiger partial charge on any atom is 0.248 e. The Balaban J connectivity index is 2.89. The molecular formula is C10H10N2O. The SMILES string of the molecule is CCc1[nH]c(=O)cc2ccncc12. The number of aryl methyl sites for hydroxylation is 1. The fraction of sp³-hybridized carbons (Fsp3) is 0.200. The maximum atomic E-state index is 11.2.